The Kier molecular flexibility index (Phi) is 4.46. The van der Waals surface area contributed by atoms with Gasteiger partial charge in [0.25, 0.3) is 0 Å². The number of hydrogen-bond donors (Lipinski definition) is 0. The summed E-state index contributed by atoms with van der Waals surface area (Å²) in [6.45, 7) is 6.63. The monoisotopic (exact) mass is 311 g/mol. The Labute approximate surface area is 136 Å². The summed E-state index contributed by atoms with van der Waals surface area (Å²) in [5, 5.41) is 0. The predicted molar refractivity (Wildman–Crippen MR) is 89.9 cm³/mol. The molecule has 1 aromatic heterocycles. The first-order chi connectivity index (χ1) is 11.1. The highest BCUT2D eigenvalue weighted by Crippen LogP contribution is 2.24. The first kappa shape index (κ1) is 15.3. The normalized spacial score (nSPS) is 14.0. The number of benzene rings is 1. The Morgan fingerprint density at radius 3 is 2.70 bits per heavy atom. The minimum atomic E-state index is -0.225. The molecule has 1 saturated heterocycles. The Hall–Kier alpha value is -2.56. The molecule has 3 rings (SSSR count). The van der Waals surface area contributed by atoms with Crippen LogP contribution in [0.4, 0.5) is 4.79 Å². The van der Waals surface area contributed by atoms with Crippen molar-refractivity contribution in [2.24, 2.45) is 0 Å². The van der Waals surface area contributed by atoms with Crippen LogP contribution >= 0.6 is 0 Å². The van der Waals surface area contributed by atoms with Gasteiger partial charge in [-0.05, 0) is 19.9 Å². The molecule has 2 heterocycles. The van der Waals surface area contributed by atoms with Gasteiger partial charge in [-0.1, -0.05) is 35.9 Å². The second kappa shape index (κ2) is 6.69. The molecular formula is C18H21N3O2. The zero-order valence-electron chi connectivity index (χ0n) is 13.5. The minimum Gasteiger partial charge on any atom is -0.448 e. The number of carbonyl (C=O) groups excluding carboxylic acids is 1. The van der Waals surface area contributed by atoms with Crippen LogP contribution in [0.3, 0.4) is 0 Å². The maximum absolute atomic E-state index is 11.6. The van der Waals surface area contributed by atoms with E-state index in [9.17, 15) is 4.79 Å². The summed E-state index contributed by atoms with van der Waals surface area (Å²) in [6.07, 6.45) is 3.76. The Bertz CT molecular complexity index is 715. The molecule has 0 N–H and O–H groups in total. The van der Waals surface area contributed by atoms with Crippen LogP contribution in [-0.2, 0) is 11.3 Å². The van der Waals surface area contributed by atoms with Crippen LogP contribution < -0.4 is 0 Å². The number of carbonyl (C=O) groups is 1. The molecule has 1 aliphatic heterocycles. The maximum Gasteiger partial charge on any atom is 0.410 e. The third-order valence-corrected chi connectivity index (χ3v) is 3.81. The van der Waals surface area contributed by atoms with E-state index >= 15 is 0 Å². The lowest BCUT2D eigenvalue weighted by molar-refractivity contribution is 0.157. The zero-order valence-corrected chi connectivity index (χ0v) is 13.5. The van der Waals surface area contributed by atoms with Crippen molar-refractivity contribution in [2.45, 2.75) is 20.4 Å². The Morgan fingerprint density at radius 1 is 1.26 bits per heavy atom. The van der Waals surface area contributed by atoms with Gasteiger partial charge in [-0.25, -0.2) is 9.78 Å². The predicted octanol–water partition coefficient (Wildman–Crippen LogP) is 3.43. The van der Waals surface area contributed by atoms with Crippen LogP contribution in [0, 0.1) is 0 Å². The van der Waals surface area contributed by atoms with Crippen LogP contribution in [0.5, 0.6) is 0 Å². The van der Waals surface area contributed by atoms with Crippen LogP contribution in [0.15, 0.2) is 42.2 Å². The lowest BCUT2D eigenvalue weighted by Gasteiger charge is -2.14. The van der Waals surface area contributed by atoms with Gasteiger partial charge < -0.3 is 14.2 Å². The molecule has 0 atom stereocenters. The van der Waals surface area contributed by atoms with Crippen LogP contribution in [0.25, 0.3) is 17.3 Å². The lowest BCUT2D eigenvalue weighted by Crippen LogP contribution is -2.28. The molecule has 5 nitrogen and oxygen atoms in total. The fraction of sp³-hybridized carbons (Fsp3) is 0.333. The van der Waals surface area contributed by atoms with E-state index in [1.807, 2.05) is 24.5 Å². The largest absolute Gasteiger partial charge is 0.448 e. The van der Waals surface area contributed by atoms with Crippen LogP contribution in [0.2, 0.25) is 0 Å². The highest BCUT2D eigenvalue weighted by molar-refractivity contribution is 5.71. The van der Waals surface area contributed by atoms with E-state index in [-0.39, 0.29) is 6.09 Å². The van der Waals surface area contributed by atoms with Crippen molar-refractivity contribution in [3.05, 3.63) is 47.9 Å². The quantitative estimate of drug-likeness (QED) is 0.850. The second-order valence-corrected chi connectivity index (χ2v) is 5.86. The summed E-state index contributed by atoms with van der Waals surface area (Å²) in [6, 6.07) is 10.2. The number of ether oxygens (including phenoxy) is 1. The van der Waals surface area contributed by atoms with Crippen molar-refractivity contribution >= 4 is 12.2 Å². The van der Waals surface area contributed by atoms with Crippen molar-refractivity contribution < 1.29 is 9.53 Å². The number of imidazole rings is 1. The summed E-state index contributed by atoms with van der Waals surface area (Å²) in [5.41, 5.74) is 4.35. The summed E-state index contributed by atoms with van der Waals surface area (Å²) in [5.74, 6) is 0. The van der Waals surface area contributed by atoms with Crippen molar-refractivity contribution in [3.8, 4) is 11.3 Å². The average molecular weight is 311 g/mol. The van der Waals surface area contributed by atoms with E-state index in [1.54, 1.807) is 4.90 Å². The van der Waals surface area contributed by atoms with Gasteiger partial charge in [0.2, 0.25) is 0 Å². The molecule has 0 aliphatic carbocycles. The molecule has 120 valence electrons. The van der Waals surface area contributed by atoms with Gasteiger partial charge in [0.1, 0.15) is 6.61 Å². The first-order valence-corrected chi connectivity index (χ1v) is 7.82. The summed E-state index contributed by atoms with van der Waals surface area (Å²) >= 11 is 0. The van der Waals surface area contributed by atoms with Gasteiger partial charge in [0.15, 0.2) is 0 Å². The zero-order chi connectivity index (χ0) is 16.2. The van der Waals surface area contributed by atoms with Gasteiger partial charge in [-0.3, -0.25) is 0 Å². The number of aromatic nitrogens is 2. The summed E-state index contributed by atoms with van der Waals surface area (Å²) in [4.78, 5) is 17.9. The van der Waals surface area contributed by atoms with Crippen molar-refractivity contribution in [1.82, 2.24) is 14.5 Å². The summed E-state index contributed by atoms with van der Waals surface area (Å²) < 4.78 is 7.07. The van der Waals surface area contributed by atoms with E-state index in [0.29, 0.717) is 26.2 Å². The second-order valence-electron chi connectivity index (χ2n) is 5.86. The summed E-state index contributed by atoms with van der Waals surface area (Å²) in [7, 11) is 0. The number of allylic oxidation sites excluding steroid dienone is 1. The van der Waals surface area contributed by atoms with E-state index in [4.69, 9.17) is 4.74 Å². The molecule has 1 aliphatic rings. The molecule has 1 fully saturated rings. The topological polar surface area (TPSA) is 47.4 Å². The van der Waals surface area contributed by atoms with Gasteiger partial charge in [0.05, 0.1) is 24.3 Å². The van der Waals surface area contributed by atoms with E-state index in [1.165, 1.54) is 5.57 Å². The SMILES string of the molecule is CC(C)=Cc1c(-c2ccccc2)ncn1CCN1CCOC1=O. The maximum atomic E-state index is 11.6. The molecule has 1 aromatic carbocycles. The number of cyclic esters (lactones) is 1. The molecule has 0 radical (unpaired) electrons. The van der Waals surface area contributed by atoms with E-state index in [0.717, 1.165) is 17.0 Å². The molecule has 0 unspecified atom stereocenters. The van der Waals surface area contributed by atoms with Crippen molar-refractivity contribution in [3.63, 3.8) is 0 Å². The third kappa shape index (κ3) is 3.44. The highest BCUT2D eigenvalue weighted by Gasteiger charge is 2.21. The van der Waals surface area contributed by atoms with Gasteiger partial charge in [-0.15, -0.1) is 0 Å². The molecule has 1 amide bonds. The number of rotatable bonds is 5. The number of amides is 1. The first-order valence-electron chi connectivity index (χ1n) is 7.82. The van der Waals surface area contributed by atoms with E-state index in [2.05, 4.69) is 41.6 Å². The standard InChI is InChI=1S/C18H21N3O2/c1-14(2)12-16-17(15-6-4-3-5-7-15)19-13-21(16)9-8-20-10-11-23-18(20)22/h3-7,12-13H,8-11H2,1-2H3. The molecule has 5 heteroatoms. The van der Waals surface area contributed by atoms with E-state index < -0.39 is 0 Å². The smallest absolute Gasteiger partial charge is 0.410 e. The number of nitrogens with zero attached hydrogens (tertiary/aromatic N) is 3. The average Bonchev–Trinajstić information content (AvgIpc) is 3.12. The van der Waals surface area contributed by atoms with Crippen LogP contribution in [-0.4, -0.2) is 40.2 Å². The van der Waals surface area contributed by atoms with Gasteiger partial charge in [0, 0.05) is 18.7 Å². The fourth-order valence-corrected chi connectivity index (χ4v) is 2.67. The van der Waals surface area contributed by atoms with Crippen LogP contribution in [0.1, 0.15) is 19.5 Å². The fourth-order valence-electron chi connectivity index (χ4n) is 2.67. The van der Waals surface area contributed by atoms with Crippen molar-refractivity contribution in [1.29, 1.82) is 0 Å². The highest BCUT2D eigenvalue weighted by atomic mass is 16.6. The lowest BCUT2D eigenvalue weighted by atomic mass is 10.1. The molecule has 2 aromatic rings. The Balaban J connectivity index is 1.86. The van der Waals surface area contributed by atoms with Crippen molar-refractivity contribution in [2.75, 3.05) is 19.7 Å². The minimum absolute atomic E-state index is 0.225. The molecule has 0 saturated carbocycles. The van der Waals surface area contributed by atoms with Gasteiger partial charge in [-0.2, -0.15) is 0 Å². The Morgan fingerprint density at radius 2 is 2.04 bits per heavy atom. The molecule has 23 heavy (non-hydrogen) atoms. The molecule has 0 bridgehead atoms. The molecular weight excluding hydrogens is 290 g/mol. The van der Waals surface area contributed by atoms with Gasteiger partial charge >= 0.3 is 6.09 Å². The molecule has 0 spiro atoms. The number of hydrogen-bond acceptors (Lipinski definition) is 3. The third-order valence-electron chi connectivity index (χ3n) is 3.81.